The number of rotatable bonds is 3. The van der Waals surface area contributed by atoms with Crippen molar-refractivity contribution in [2.45, 2.75) is 12.5 Å². The molecule has 2 N–H and O–H groups in total. The topological polar surface area (TPSA) is 57.5 Å². The van der Waals surface area contributed by atoms with Gasteiger partial charge in [0.1, 0.15) is 0 Å². The molecule has 1 aromatic carbocycles. The van der Waals surface area contributed by atoms with Gasteiger partial charge < -0.3 is 10.2 Å². The van der Waals surface area contributed by atoms with Crippen molar-refractivity contribution in [3.05, 3.63) is 34.6 Å². The molecule has 0 saturated heterocycles. The summed E-state index contributed by atoms with van der Waals surface area (Å²) in [4.78, 5) is 10.2. The molecule has 94 valence electrons. The molecule has 0 aromatic heterocycles. The summed E-state index contributed by atoms with van der Waals surface area (Å²) in [6.07, 6.45) is -3.48. The van der Waals surface area contributed by atoms with Crippen molar-refractivity contribution in [2.75, 3.05) is 0 Å². The van der Waals surface area contributed by atoms with E-state index in [0.29, 0.717) is 0 Å². The number of carboxylic acids is 1. The molecule has 0 aliphatic heterocycles. The van der Waals surface area contributed by atoms with E-state index in [1.807, 2.05) is 0 Å². The number of hydrogen-bond acceptors (Lipinski definition) is 2. The predicted octanol–water partition coefficient (Wildman–Crippen LogP) is 1.37. The van der Waals surface area contributed by atoms with Gasteiger partial charge in [0.25, 0.3) is 0 Å². The van der Waals surface area contributed by atoms with Crippen LogP contribution in [0.2, 0.25) is 0 Å². The van der Waals surface area contributed by atoms with Crippen LogP contribution in [0.5, 0.6) is 0 Å². The molecule has 0 heterocycles. The van der Waals surface area contributed by atoms with Crippen LogP contribution in [-0.4, -0.2) is 22.3 Å². The minimum Gasteiger partial charge on any atom is -0.479 e. The van der Waals surface area contributed by atoms with E-state index in [-0.39, 0.29) is 0 Å². The second-order valence-electron chi connectivity index (χ2n) is 3.11. The Kier molecular flexibility index (Phi) is 3.66. The lowest BCUT2D eigenvalue weighted by Gasteiger charge is -2.09. The van der Waals surface area contributed by atoms with Crippen LogP contribution < -0.4 is 0 Å². The van der Waals surface area contributed by atoms with Crippen LogP contribution in [0.25, 0.3) is 0 Å². The van der Waals surface area contributed by atoms with E-state index in [1.54, 1.807) is 0 Å². The fourth-order valence-electron chi connectivity index (χ4n) is 1.11. The highest BCUT2D eigenvalue weighted by molar-refractivity contribution is 5.72. The van der Waals surface area contributed by atoms with Crippen LogP contribution in [0.1, 0.15) is 5.56 Å². The zero-order chi connectivity index (χ0) is 13.3. The van der Waals surface area contributed by atoms with Gasteiger partial charge >= 0.3 is 5.97 Å². The minimum atomic E-state index is -2.34. The maximum absolute atomic E-state index is 13.0. The maximum Gasteiger partial charge on any atom is 0.332 e. The van der Waals surface area contributed by atoms with Gasteiger partial charge in [-0.3, -0.25) is 0 Å². The molecule has 0 fully saturated rings. The number of carboxylic acid groups (broad SMARTS) is 1. The lowest BCUT2D eigenvalue weighted by Crippen LogP contribution is -2.24. The maximum atomic E-state index is 13.0. The first-order valence-corrected chi connectivity index (χ1v) is 4.18. The number of halogens is 5. The Morgan fingerprint density at radius 1 is 0.941 bits per heavy atom. The summed E-state index contributed by atoms with van der Waals surface area (Å²) in [5.74, 6) is -12.8. The van der Waals surface area contributed by atoms with Crippen molar-refractivity contribution in [3.63, 3.8) is 0 Å². The van der Waals surface area contributed by atoms with Crippen LogP contribution in [-0.2, 0) is 11.2 Å². The first kappa shape index (κ1) is 13.4. The van der Waals surface area contributed by atoms with E-state index in [0.717, 1.165) is 0 Å². The highest BCUT2D eigenvalue weighted by atomic mass is 19.2. The molecule has 1 rings (SSSR count). The zero-order valence-corrected chi connectivity index (χ0v) is 7.98. The number of aliphatic carboxylic acids is 1. The average molecular weight is 256 g/mol. The third kappa shape index (κ3) is 2.36. The third-order valence-corrected chi connectivity index (χ3v) is 1.98. The van der Waals surface area contributed by atoms with Gasteiger partial charge in [0.2, 0.25) is 5.82 Å². The molecule has 0 bridgehead atoms. The van der Waals surface area contributed by atoms with Gasteiger partial charge in [-0.05, 0) is 0 Å². The largest absolute Gasteiger partial charge is 0.479 e. The van der Waals surface area contributed by atoms with Crippen LogP contribution in [0.15, 0.2) is 0 Å². The molecular weight excluding hydrogens is 251 g/mol. The normalized spacial score (nSPS) is 12.6. The van der Waals surface area contributed by atoms with Crippen molar-refractivity contribution in [2.24, 2.45) is 0 Å². The number of benzene rings is 1. The molecule has 0 aliphatic carbocycles. The third-order valence-electron chi connectivity index (χ3n) is 1.98. The first-order chi connectivity index (χ1) is 7.77. The Morgan fingerprint density at radius 3 is 1.65 bits per heavy atom. The molecule has 0 radical (unpaired) electrons. The fourth-order valence-corrected chi connectivity index (χ4v) is 1.11. The molecule has 1 aromatic rings. The van der Waals surface area contributed by atoms with E-state index in [4.69, 9.17) is 10.2 Å². The number of carbonyl (C=O) groups is 1. The van der Waals surface area contributed by atoms with Crippen molar-refractivity contribution in [3.8, 4) is 0 Å². The Hall–Kier alpha value is -1.70. The Labute approximate surface area is 91.1 Å². The van der Waals surface area contributed by atoms with E-state index in [1.165, 1.54) is 0 Å². The van der Waals surface area contributed by atoms with Crippen LogP contribution in [0.3, 0.4) is 0 Å². The minimum absolute atomic E-state index is 1.22. The molecule has 1 atom stereocenters. The summed E-state index contributed by atoms with van der Waals surface area (Å²) in [6, 6.07) is 0. The molecule has 0 saturated carbocycles. The Bertz CT molecular complexity index is 445. The van der Waals surface area contributed by atoms with Gasteiger partial charge in [-0.25, -0.2) is 26.7 Å². The van der Waals surface area contributed by atoms with Crippen LogP contribution in [0.4, 0.5) is 22.0 Å². The van der Waals surface area contributed by atoms with Gasteiger partial charge in [-0.1, -0.05) is 0 Å². The van der Waals surface area contributed by atoms with E-state index < -0.39 is 53.1 Å². The monoisotopic (exact) mass is 256 g/mol. The summed E-state index contributed by atoms with van der Waals surface area (Å²) < 4.78 is 63.9. The molecule has 0 aliphatic rings. The predicted molar refractivity (Wildman–Crippen MR) is 43.6 cm³/mol. The number of aliphatic hydroxyl groups is 1. The second kappa shape index (κ2) is 4.66. The van der Waals surface area contributed by atoms with Crippen LogP contribution in [0, 0.1) is 29.1 Å². The van der Waals surface area contributed by atoms with Crippen LogP contribution >= 0.6 is 0 Å². The standard InChI is InChI=1S/C9H5F5O3/c10-4-2(1-3(15)9(16)17)5(11)7(13)8(14)6(4)12/h3,15H,1H2,(H,16,17). The van der Waals surface area contributed by atoms with Crippen molar-refractivity contribution in [1.29, 1.82) is 0 Å². The summed E-state index contributed by atoms with van der Waals surface area (Å²) in [5, 5.41) is 17.1. The molecule has 1 unspecified atom stereocenters. The molecule has 3 nitrogen and oxygen atoms in total. The summed E-state index contributed by atoms with van der Waals surface area (Å²) in [5.41, 5.74) is -1.36. The van der Waals surface area contributed by atoms with Gasteiger partial charge in [-0.2, -0.15) is 0 Å². The van der Waals surface area contributed by atoms with Crippen molar-refractivity contribution < 1.29 is 37.0 Å². The second-order valence-corrected chi connectivity index (χ2v) is 3.11. The quantitative estimate of drug-likeness (QED) is 0.488. The zero-order valence-electron chi connectivity index (χ0n) is 7.98. The van der Waals surface area contributed by atoms with Crippen molar-refractivity contribution >= 4 is 5.97 Å². The highest BCUT2D eigenvalue weighted by Crippen LogP contribution is 2.23. The Morgan fingerprint density at radius 2 is 1.29 bits per heavy atom. The summed E-state index contributed by atoms with van der Waals surface area (Å²) in [7, 11) is 0. The summed E-state index contributed by atoms with van der Waals surface area (Å²) >= 11 is 0. The smallest absolute Gasteiger partial charge is 0.332 e. The molecule has 8 heteroatoms. The SMILES string of the molecule is O=C(O)C(O)Cc1c(F)c(F)c(F)c(F)c1F. The van der Waals surface area contributed by atoms with E-state index in [9.17, 15) is 26.7 Å². The van der Waals surface area contributed by atoms with E-state index in [2.05, 4.69) is 0 Å². The molecule has 0 amide bonds. The van der Waals surface area contributed by atoms with E-state index >= 15 is 0 Å². The molecule has 0 spiro atoms. The Balaban J connectivity index is 3.30. The van der Waals surface area contributed by atoms with Gasteiger partial charge in [0.05, 0.1) is 0 Å². The molecular formula is C9H5F5O3. The van der Waals surface area contributed by atoms with Gasteiger partial charge in [0, 0.05) is 12.0 Å². The average Bonchev–Trinajstić information content (AvgIpc) is 2.29. The fraction of sp³-hybridized carbons (Fsp3) is 0.222. The lowest BCUT2D eigenvalue weighted by molar-refractivity contribution is -0.146. The first-order valence-electron chi connectivity index (χ1n) is 4.18. The van der Waals surface area contributed by atoms with Gasteiger partial charge in [-0.15, -0.1) is 0 Å². The van der Waals surface area contributed by atoms with Crippen molar-refractivity contribution in [1.82, 2.24) is 0 Å². The number of hydrogen-bond donors (Lipinski definition) is 2. The highest BCUT2D eigenvalue weighted by Gasteiger charge is 2.28. The lowest BCUT2D eigenvalue weighted by atomic mass is 10.1. The number of aliphatic hydroxyl groups excluding tert-OH is 1. The molecule has 17 heavy (non-hydrogen) atoms. The van der Waals surface area contributed by atoms with Gasteiger partial charge in [0.15, 0.2) is 29.4 Å². The summed E-state index contributed by atoms with van der Waals surface area (Å²) in [6.45, 7) is 0.